The average Bonchev–Trinajstić information content (AvgIpc) is 2.42. The molecule has 0 aromatic carbocycles. The fourth-order valence-electron chi connectivity index (χ4n) is 2.91. The Morgan fingerprint density at radius 3 is 2.60 bits per heavy atom. The van der Waals surface area contributed by atoms with Crippen LogP contribution in [0.15, 0.2) is 0 Å². The summed E-state index contributed by atoms with van der Waals surface area (Å²) in [6.07, 6.45) is 4.29. The second-order valence-corrected chi connectivity index (χ2v) is 5.65. The summed E-state index contributed by atoms with van der Waals surface area (Å²) < 4.78 is 10.3. The Morgan fingerprint density at radius 1 is 1.30 bits per heavy atom. The van der Waals surface area contributed by atoms with Gasteiger partial charge in [0.2, 0.25) is 5.91 Å². The molecular weight excluding hydrogens is 258 g/mol. The topological polar surface area (TPSA) is 90.8 Å². The van der Waals surface area contributed by atoms with Gasteiger partial charge in [0.1, 0.15) is 0 Å². The molecule has 6 nitrogen and oxygen atoms in total. The highest BCUT2D eigenvalue weighted by atomic mass is 16.5. The molecule has 1 saturated carbocycles. The molecule has 2 unspecified atom stereocenters. The summed E-state index contributed by atoms with van der Waals surface area (Å²) in [5, 5.41) is 0. The molecule has 0 bridgehead atoms. The molecule has 6 heteroatoms. The molecule has 1 fully saturated rings. The van der Waals surface area contributed by atoms with Crippen molar-refractivity contribution in [2.24, 2.45) is 11.5 Å². The number of carbonyl (C=O) groups is 1. The zero-order chi connectivity index (χ0) is 15.0. The first-order chi connectivity index (χ1) is 9.53. The van der Waals surface area contributed by atoms with Crippen molar-refractivity contribution >= 4 is 5.91 Å². The van der Waals surface area contributed by atoms with E-state index >= 15 is 0 Å². The summed E-state index contributed by atoms with van der Waals surface area (Å²) in [6.45, 7) is 3.19. The standard InChI is InChI=1S/C14H29N3O3/c1-19-9-4-7-17(8-10-20-2)12-5-3-6-14(16,11-12)13(15)18/h12H,3-11,16H2,1-2H3,(H2,15,18). The van der Waals surface area contributed by atoms with Crippen molar-refractivity contribution in [3.8, 4) is 0 Å². The highest BCUT2D eigenvalue weighted by molar-refractivity contribution is 5.84. The molecule has 1 aliphatic rings. The van der Waals surface area contributed by atoms with Gasteiger partial charge in [-0.05, 0) is 32.1 Å². The molecule has 0 spiro atoms. The van der Waals surface area contributed by atoms with Gasteiger partial charge in [0, 0.05) is 40.0 Å². The number of amides is 1. The maximum atomic E-state index is 11.6. The number of nitrogens with zero attached hydrogens (tertiary/aromatic N) is 1. The molecule has 4 N–H and O–H groups in total. The Hall–Kier alpha value is -0.690. The van der Waals surface area contributed by atoms with E-state index in [0.29, 0.717) is 25.5 Å². The van der Waals surface area contributed by atoms with Gasteiger partial charge in [0.25, 0.3) is 0 Å². The molecule has 1 aliphatic carbocycles. The number of nitrogens with two attached hydrogens (primary N) is 2. The average molecular weight is 287 g/mol. The third-order valence-electron chi connectivity index (χ3n) is 4.14. The predicted octanol–water partition coefficient (Wildman–Crippen LogP) is 0.0967. The third-order valence-corrected chi connectivity index (χ3v) is 4.14. The van der Waals surface area contributed by atoms with Gasteiger partial charge in [-0.2, -0.15) is 0 Å². The SMILES string of the molecule is COCCCN(CCOC)C1CCCC(N)(C(N)=O)C1. The van der Waals surface area contributed by atoms with E-state index in [1.54, 1.807) is 14.2 Å². The van der Waals surface area contributed by atoms with Crippen molar-refractivity contribution in [3.05, 3.63) is 0 Å². The molecule has 0 radical (unpaired) electrons. The summed E-state index contributed by atoms with van der Waals surface area (Å²) in [5.41, 5.74) is 10.8. The molecule has 2 atom stereocenters. The Kier molecular flexibility index (Phi) is 7.43. The van der Waals surface area contributed by atoms with Crippen LogP contribution in [0.4, 0.5) is 0 Å². The lowest BCUT2D eigenvalue weighted by Gasteiger charge is -2.41. The molecule has 1 rings (SSSR count). The van der Waals surface area contributed by atoms with Gasteiger partial charge in [-0.3, -0.25) is 9.69 Å². The van der Waals surface area contributed by atoms with E-state index in [1.165, 1.54) is 0 Å². The first kappa shape index (κ1) is 17.4. The number of carbonyl (C=O) groups excluding carboxylic acids is 1. The van der Waals surface area contributed by atoms with E-state index in [4.69, 9.17) is 20.9 Å². The zero-order valence-corrected chi connectivity index (χ0v) is 12.8. The molecule has 20 heavy (non-hydrogen) atoms. The van der Waals surface area contributed by atoms with Crippen molar-refractivity contribution in [1.82, 2.24) is 4.90 Å². The first-order valence-electron chi connectivity index (χ1n) is 7.34. The third kappa shape index (κ3) is 5.01. The minimum atomic E-state index is -0.852. The van der Waals surface area contributed by atoms with Crippen molar-refractivity contribution < 1.29 is 14.3 Å². The largest absolute Gasteiger partial charge is 0.385 e. The molecule has 0 aliphatic heterocycles. The lowest BCUT2D eigenvalue weighted by atomic mass is 9.78. The number of hydrogen-bond donors (Lipinski definition) is 2. The van der Waals surface area contributed by atoms with E-state index in [9.17, 15) is 4.79 Å². The van der Waals surface area contributed by atoms with Crippen molar-refractivity contribution in [2.45, 2.75) is 43.7 Å². The molecule has 0 aromatic rings. The van der Waals surface area contributed by atoms with Crippen molar-refractivity contribution in [1.29, 1.82) is 0 Å². The van der Waals surface area contributed by atoms with Crippen LogP contribution in [0.1, 0.15) is 32.1 Å². The Labute approximate surface area is 121 Å². The summed E-state index contributed by atoms with van der Waals surface area (Å²) in [4.78, 5) is 13.9. The van der Waals surface area contributed by atoms with Crippen molar-refractivity contribution in [3.63, 3.8) is 0 Å². The Bertz CT molecular complexity index is 301. The van der Waals surface area contributed by atoms with E-state index < -0.39 is 5.54 Å². The maximum absolute atomic E-state index is 11.6. The van der Waals surface area contributed by atoms with Crippen LogP contribution in [0.2, 0.25) is 0 Å². The summed E-state index contributed by atoms with van der Waals surface area (Å²) in [5.74, 6) is -0.384. The zero-order valence-electron chi connectivity index (χ0n) is 12.8. The summed E-state index contributed by atoms with van der Waals surface area (Å²) in [6, 6.07) is 0.299. The smallest absolute Gasteiger partial charge is 0.237 e. The van der Waals surface area contributed by atoms with Gasteiger partial charge in [-0.1, -0.05) is 0 Å². The van der Waals surface area contributed by atoms with Gasteiger partial charge in [0.15, 0.2) is 0 Å². The van der Waals surface area contributed by atoms with Crippen LogP contribution in [0.3, 0.4) is 0 Å². The molecule has 0 saturated heterocycles. The van der Waals surface area contributed by atoms with Gasteiger partial charge >= 0.3 is 0 Å². The first-order valence-corrected chi connectivity index (χ1v) is 7.34. The normalized spacial score (nSPS) is 26.9. The second-order valence-electron chi connectivity index (χ2n) is 5.65. The highest BCUT2D eigenvalue weighted by Gasteiger charge is 2.39. The van der Waals surface area contributed by atoms with Crippen LogP contribution in [-0.2, 0) is 14.3 Å². The van der Waals surface area contributed by atoms with Gasteiger partial charge in [0.05, 0.1) is 12.1 Å². The van der Waals surface area contributed by atoms with Gasteiger partial charge in [-0.25, -0.2) is 0 Å². The predicted molar refractivity (Wildman–Crippen MR) is 78.3 cm³/mol. The summed E-state index contributed by atoms with van der Waals surface area (Å²) in [7, 11) is 3.41. The van der Waals surface area contributed by atoms with Crippen LogP contribution < -0.4 is 11.5 Å². The van der Waals surface area contributed by atoms with Crippen LogP contribution in [0.25, 0.3) is 0 Å². The number of hydrogen-bond acceptors (Lipinski definition) is 5. The van der Waals surface area contributed by atoms with Crippen LogP contribution in [0.5, 0.6) is 0 Å². The van der Waals surface area contributed by atoms with Crippen LogP contribution in [0, 0.1) is 0 Å². The number of rotatable bonds is 9. The van der Waals surface area contributed by atoms with Gasteiger partial charge < -0.3 is 20.9 Å². The minimum absolute atomic E-state index is 0.299. The van der Waals surface area contributed by atoms with E-state index in [1.807, 2.05) is 0 Å². The van der Waals surface area contributed by atoms with E-state index in [2.05, 4.69) is 4.90 Å². The Morgan fingerprint density at radius 2 is 2.00 bits per heavy atom. The van der Waals surface area contributed by atoms with E-state index in [0.717, 1.165) is 39.0 Å². The van der Waals surface area contributed by atoms with Crippen LogP contribution >= 0.6 is 0 Å². The highest BCUT2D eigenvalue weighted by Crippen LogP contribution is 2.29. The minimum Gasteiger partial charge on any atom is -0.385 e. The molecular formula is C14H29N3O3. The molecule has 0 heterocycles. The lowest BCUT2D eigenvalue weighted by Crippen LogP contribution is -2.58. The summed E-state index contributed by atoms with van der Waals surface area (Å²) >= 11 is 0. The monoisotopic (exact) mass is 287 g/mol. The number of methoxy groups -OCH3 is 2. The second kappa shape index (κ2) is 8.56. The van der Waals surface area contributed by atoms with E-state index in [-0.39, 0.29) is 5.91 Å². The van der Waals surface area contributed by atoms with Crippen LogP contribution in [-0.4, -0.2) is 62.9 Å². The fourth-order valence-corrected chi connectivity index (χ4v) is 2.91. The maximum Gasteiger partial charge on any atom is 0.237 e. The molecule has 0 aromatic heterocycles. The quantitative estimate of drug-likeness (QED) is 0.587. The molecule has 1 amide bonds. The van der Waals surface area contributed by atoms with Crippen molar-refractivity contribution in [2.75, 3.05) is 40.5 Å². The van der Waals surface area contributed by atoms with Gasteiger partial charge in [-0.15, -0.1) is 0 Å². The molecule has 118 valence electrons. The number of primary amides is 1. The number of ether oxygens (including phenoxy) is 2. The fraction of sp³-hybridized carbons (Fsp3) is 0.929. The lowest BCUT2D eigenvalue weighted by molar-refractivity contribution is -0.125. The Balaban J connectivity index is 2.61.